The highest BCUT2D eigenvalue weighted by molar-refractivity contribution is 7.91. The van der Waals surface area contributed by atoms with Crippen LogP contribution in [0, 0.1) is 0 Å². The standard InChI is InChI=1S/C9H19NO3S/c1-8(2)10-9(6-11)4-3-5-14(12,13)7-9/h8,10-11H,3-7H2,1-2H3. The third-order valence-electron chi connectivity index (χ3n) is 2.50. The molecule has 0 aliphatic carbocycles. The highest BCUT2D eigenvalue weighted by Gasteiger charge is 2.38. The van der Waals surface area contributed by atoms with E-state index >= 15 is 0 Å². The average Bonchev–Trinajstić information content (AvgIpc) is 2.01. The van der Waals surface area contributed by atoms with Crippen LogP contribution in [0.5, 0.6) is 0 Å². The summed E-state index contributed by atoms with van der Waals surface area (Å²) >= 11 is 0. The lowest BCUT2D eigenvalue weighted by Gasteiger charge is -2.37. The molecular weight excluding hydrogens is 202 g/mol. The molecule has 1 rings (SSSR count). The van der Waals surface area contributed by atoms with Gasteiger partial charge in [0.1, 0.15) is 0 Å². The van der Waals surface area contributed by atoms with Crippen molar-refractivity contribution in [2.45, 2.75) is 38.3 Å². The van der Waals surface area contributed by atoms with Crippen molar-refractivity contribution in [3.05, 3.63) is 0 Å². The molecule has 1 atom stereocenters. The lowest BCUT2D eigenvalue weighted by atomic mass is 9.95. The number of aliphatic hydroxyl groups is 1. The van der Waals surface area contributed by atoms with Crippen LogP contribution in [0.25, 0.3) is 0 Å². The number of nitrogens with one attached hydrogen (secondary N) is 1. The molecule has 1 fully saturated rings. The maximum Gasteiger partial charge on any atom is 0.152 e. The molecule has 0 aromatic carbocycles. The topological polar surface area (TPSA) is 66.4 Å². The van der Waals surface area contributed by atoms with Gasteiger partial charge >= 0.3 is 0 Å². The van der Waals surface area contributed by atoms with Gasteiger partial charge in [-0.2, -0.15) is 0 Å². The van der Waals surface area contributed by atoms with E-state index in [0.29, 0.717) is 6.42 Å². The first-order chi connectivity index (χ1) is 6.39. The monoisotopic (exact) mass is 221 g/mol. The van der Waals surface area contributed by atoms with Crippen LogP contribution in [-0.2, 0) is 9.84 Å². The van der Waals surface area contributed by atoms with Crippen molar-refractivity contribution < 1.29 is 13.5 Å². The van der Waals surface area contributed by atoms with Gasteiger partial charge in [-0.3, -0.25) is 0 Å². The van der Waals surface area contributed by atoms with Crippen LogP contribution in [-0.4, -0.2) is 43.2 Å². The minimum Gasteiger partial charge on any atom is -0.394 e. The van der Waals surface area contributed by atoms with E-state index in [1.165, 1.54) is 0 Å². The van der Waals surface area contributed by atoms with Crippen LogP contribution >= 0.6 is 0 Å². The summed E-state index contributed by atoms with van der Waals surface area (Å²) < 4.78 is 22.9. The Balaban J connectivity index is 2.78. The van der Waals surface area contributed by atoms with Gasteiger partial charge in [0.05, 0.1) is 23.7 Å². The highest BCUT2D eigenvalue weighted by Crippen LogP contribution is 2.23. The van der Waals surface area contributed by atoms with Crippen LogP contribution < -0.4 is 5.32 Å². The van der Waals surface area contributed by atoms with E-state index in [4.69, 9.17) is 0 Å². The van der Waals surface area contributed by atoms with Gasteiger partial charge in [0.2, 0.25) is 0 Å². The van der Waals surface area contributed by atoms with E-state index in [0.717, 1.165) is 6.42 Å². The Morgan fingerprint density at radius 1 is 1.50 bits per heavy atom. The van der Waals surface area contributed by atoms with Gasteiger partial charge in [0.25, 0.3) is 0 Å². The molecule has 84 valence electrons. The van der Waals surface area contributed by atoms with E-state index in [9.17, 15) is 13.5 Å². The molecule has 1 aliphatic rings. The Morgan fingerprint density at radius 2 is 2.14 bits per heavy atom. The van der Waals surface area contributed by atoms with Crippen LogP contribution in [0.3, 0.4) is 0 Å². The predicted molar refractivity (Wildman–Crippen MR) is 56.0 cm³/mol. The Kier molecular flexibility index (Phi) is 3.55. The molecule has 1 heterocycles. The van der Waals surface area contributed by atoms with Gasteiger partial charge in [0, 0.05) is 6.04 Å². The Hall–Kier alpha value is -0.130. The fourth-order valence-corrected chi connectivity index (χ4v) is 3.98. The third kappa shape index (κ3) is 2.93. The van der Waals surface area contributed by atoms with E-state index in [-0.39, 0.29) is 24.2 Å². The lowest BCUT2D eigenvalue weighted by Crippen LogP contribution is -2.58. The summed E-state index contributed by atoms with van der Waals surface area (Å²) in [6.07, 6.45) is 1.38. The second-order valence-corrected chi connectivity index (χ2v) is 6.62. The van der Waals surface area contributed by atoms with Crippen molar-refractivity contribution in [2.75, 3.05) is 18.1 Å². The van der Waals surface area contributed by atoms with Gasteiger partial charge in [-0.25, -0.2) is 8.42 Å². The number of aliphatic hydroxyl groups excluding tert-OH is 1. The van der Waals surface area contributed by atoms with Gasteiger partial charge in [-0.15, -0.1) is 0 Å². The van der Waals surface area contributed by atoms with Crippen molar-refractivity contribution in [3.8, 4) is 0 Å². The zero-order chi connectivity index (χ0) is 10.8. The molecule has 1 aliphatic heterocycles. The molecule has 0 aromatic rings. The molecule has 0 spiro atoms. The average molecular weight is 221 g/mol. The van der Waals surface area contributed by atoms with Crippen LogP contribution in [0.2, 0.25) is 0 Å². The number of hydrogen-bond donors (Lipinski definition) is 2. The fourth-order valence-electron chi connectivity index (χ4n) is 2.09. The number of rotatable bonds is 3. The molecule has 2 N–H and O–H groups in total. The first-order valence-electron chi connectivity index (χ1n) is 4.98. The summed E-state index contributed by atoms with van der Waals surface area (Å²) in [6, 6.07) is 0.190. The smallest absolute Gasteiger partial charge is 0.152 e. The summed E-state index contributed by atoms with van der Waals surface area (Å²) in [4.78, 5) is 0. The third-order valence-corrected chi connectivity index (χ3v) is 4.41. The second kappa shape index (κ2) is 4.16. The van der Waals surface area contributed by atoms with E-state index in [1.54, 1.807) is 0 Å². The zero-order valence-corrected chi connectivity index (χ0v) is 9.60. The summed E-state index contributed by atoms with van der Waals surface area (Å²) in [5, 5.41) is 12.5. The SMILES string of the molecule is CC(C)NC1(CO)CCCS(=O)(=O)C1. The molecule has 5 heteroatoms. The van der Waals surface area contributed by atoms with E-state index < -0.39 is 15.4 Å². The second-order valence-electron chi connectivity index (χ2n) is 4.43. The van der Waals surface area contributed by atoms with Gasteiger partial charge in [0.15, 0.2) is 9.84 Å². The van der Waals surface area contributed by atoms with Gasteiger partial charge < -0.3 is 10.4 Å². The van der Waals surface area contributed by atoms with Gasteiger partial charge in [-0.1, -0.05) is 13.8 Å². The maximum absolute atomic E-state index is 11.5. The van der Waals surface area contributed by atoms with Gasteiger partial charge in [-0.05, 0) is 12.8 Å². The van der Waals surface area contributed by atoms with Crippen molar-refractivity contribution in [3.63, 3.8) is 0 Å². The fraction of sp³-hybridized carbons (Fsp3) is 1.00. The molecule has 0 amide bonds. The normalized spacial score (nSPS) is 32.0. The molecule has 0 radical (unpaired) electrons. The molecule has 4 nitrogen and oxygen atoms in total. The minimum atomic E-state index is -2.97. The Labute approximate surface area is 85.6 Å². The van der Waals surface area contributed by atoms with Crippen LogP contribution in [0.15, 0.2) is 0 Å². The molecule has 1 unspecified atom stereocenters. The van der Waals surface area contributed by atoms with Crippen LogP contribution in [0.1, 0.15) is 26.7 Å². The highest BCUT2D eigenvalue weighted by atomic mass is 32.2. The van der Waals surface area contributed by atoms with E-state index in [1.807, 2.05) is 13.8 Å². The molecule has 14 heavy (non-hydrogen) atoms. The minimum absolute atomic E-state index is 0.0642. The quantitative estimate of drug-likeness (QED) is 0.700. The predicted octanol–water partition coefficient (Wildman–Crippen LogP) is -0.0759. The molecule has 0 aromatic heterocycles. The zero-order valence-electron chi connectivity index (χ0n) is 8.78. The van der Waals surface area contributed by atoms with Crippen molar-refractivity contribution in [2.24, 2.45) is 0 Å². The molecular formula is C9H19NO3S. The Morgan fingerprint density at radius 3 is 2.57 bits per heavy atom. The largest absolute Gasteiger partial charge is 0.394 e. The summed E-state index contributed by atoms with van der Waals surface area (Å²) in [5.74, 6) is 0.323. The molecule has 0 bridgehead atoms. The first kappa shape index (κ1) is 11.9. The number of sulfone groups is 1. The molecule has 1 saturated heterocycles. The summed E-state index contributed by atoms with van der Waals surface area (Å²) in [7, 11) is -2.97. The van der Waals surface area contributed by atoms with Crippen LogP contribution in [0.4, 0.5) is 0 Å². The van der Waals surface area contributed by atoms with Crippen molar-refractivity contribution >= 4 is 9.84 Å². The number of hydrogen-bond acceptors (Lipinski definition) is 4. The first-order valence-corrected chi connectivity index (χ1v) is 6.80. The van der Waals surface area contributed by atoms with E-state index in [2.05, 4.69) is 5.32 Å². The van der Waals surface area contributed by atoms with Crippen molar-refractivity contribution in [1.82, 2.24) is 5.32 Å². The lowest BCUT2D eigenvalue weighted by molar-refractivity contribution is 0.155. The summed E-state index contributed by atoms with van der Waals surface area (Å²) in [5.41, 5.74) is -0.606. The summed E-state index contributed by atoms with van der Waals surface area (Å²) in [6.45, 7) is 3.81. The van der Waals surface area contributed by atoms with Crippen molar-refractivity contribution in [1.29, 1.82) is 0 Å². The Bertz CT molecular complexity index is 286. The molecule has 0 saturated carbocycles. The maximum atomic E-state index is 11.5.